The Morgan fingerprint density at radius 1 is 1.47 bits per heavy atom. The summed E-state index contributed by atoms with van der Waals surface area (Å²) >= 11 is 0. The first kappa shape index (κ1) is 13.1. The summed E-state index contributed by atoms with van der Waals surface area (Å²) in [6.07, 6.45) is 12.8. The average molecular weight is 263 g/mol. The van der Waals surface area contributed by atoms with Crippen molar-refractivity contribution in [2.45, 2.75) is 57.7 Å². The minimum atomic E-state index is 0.491. The molecule has 4 heteroatoms. The fraction of sp³-hybridized carbons (Fsp3) is 0.800. The molecule has 0 aromatic carbocycles. The lowest BCUT2D eigenvalue weighted by molar-refractivity contribution is -0.172. The van der Waals surface area contributed by atoms with Gasteiger partial charge in [0.2, 0.25) is 0 Å². The molecule has 0 bridgehead atoms. The van der Waals surface area contributed by atoms with Crippen LogP contribution in [0.5, 0.6) is 0 Å². The Bertz CT molecular complexity index is 386. The van der Waals surface area contributed by atoms with Gasteiger partial charge in [0, 0.05) is 37.0 Å². The van der Waals surface area contributed by atoms with Gasteiger partial charge in [0.15, 0.2) is 0 Å². The molecule has 1 N–H and O–H groups in total. The van der Waals surface area contributed by atoms with Crippen molar-refractivity contribution < 1.29 is 4.74 Å². The predicted molar refractivity (Wildman–Crippen MR) is 74.9 cm³/mol. The minimum Gasteiger partial charge on any atom is -0.378 e. The van der Waals surface area contributed by atoms with Crippen LogP contribution in [0.1, 0.15) is 39.0 Å². The van der Waals surface area contributed by atoms with Crippen LogP contribution in [-0.2, 0) is 11.3 Å². The molecule has 2 saturated carbocycles. The second-order valence-corrected chi connectivity index (χ2v) is 5.93. The molecule has 0 saturated heterocycles. The van der Waals surface area contributed by atoms with Crippen LogP contribution in [0.2, 0.25) is 0 Å². The first-order valence-electron chi connectivity index (χ1n) is 7.66. The molecule has 1 aromatic heterocycles. The molecule has 1 heterocycles. The molecule has 106 valence electrons. The first-order valence-corrected chi connectivity index (χ1v) is 7.66. The lowest BCUT2D eigenvalue weighted by Gasteiger charge is -2.61. The van der Waals surface area contributed by atoms with Gasteiger partial charge in [-0.05, 0) is 39.2 Å². The number of aromatic nitrogens is 2. The molecule has 0 aliphatic heterocycles. The van der Waals surface area contributed by atoms with Crippen LogP contribution in [0.25, 0.3) is 0 Å². The molecule has 1 aromatic rings. The molecule has 3 rings (SSSR count). The van der Waals surface area contributed by atoms with Crippen molar-refractivity contribution in [2.24, 2.45) is 5.41 Å². The Hall–Kier alpha value is -0.870. The zero-order valence-corrected chi connectivity index (χ0v) is 11.8. The van der Waals surface area contributed by atoms with E-state index >= 15 is 0 Å². The largest absolute Gasteiger partial charge is 0.378 e. The third kappa shape index (κ3) is 2.43. The third-order valence-electron chi connectivity index (χ3n) is 4.98. The zero-order chi connectivity index (χ0) is 13.1. The molecule has 4 nitrogen and oxygen atoms in total. The number of hydrogen-bond acceptors (Lipinski definition) is 3. The topological polar surface area (TPSA) is 39.1 Å². The number of hydrogen-bond donors (Lipinski definition) is 1. The zero-order valence-electron chi connectivity index (χ0n) is 11.8. The maximum atomic E-state index is 5.88. The van der Waals surface area contributed by atoms with E-state index in [2.05, 4.69) is 21.8 Å². The van der Waals surface area contributed by atoms with Gasteiger partial charge in [0.1, 0.15) is 0 Å². The lowest BCUT2D eigenvalue weighted by Crippen LogP contribution is -2.66. The van der Waals surface area contributed by atoms with E-state index in [0.29, 0.717) is 17.6 Å². The van der Waals surface area contributed by atoms with Crippen molar-refractivity contribution >= 4 is 0 Å². The standard InChI is InChI=1S/C15H25N3O/c1-2-19-14-11-13(15(14)5-3-6-15)17-7-4-9-18-10-8-16-12-18/h8,10,12-14,17H,2-7,9,11H2,1H3. The molecular formula is C15H25N3O. The number of nitrogens with one attached hydrogen (secondary N) is 1. The van der Waals surface area contributed by atoms with Gasteiger partial charge in [-0.25, -0.2) is 4.98 Å². The fourth-order valence-electron chi connectivity index (χ4n) is 3.68. The number of ether oxygens (including phenoxy) is 1. The van der Waals surface area contributed by atoms with Gasteiger partial charge in [-0.1, -0.05) is 6.42 Å². The second-order valence-electron chi connectivity index (χ2n) is 5.93. The number of aryl methyl sites for hydroxylation is 1. The van der Waals surface area contributed by atoms with E-state index in [-0.39, 0.29) is 0 Å². The maximum Gasteiger partial charge on any atom is 0.0945 e. The van der Waals surface area contributed by atoms with Crippen molar-refractivity contribution in [3.05, 3.63) is 18.7 Å². The fourth-order valence-corrected chi connectivity index (χ4v) is 3.68. The van der Waals surface area contributed by atoms with Crippen molar-refractivity contribution in [3.63, 3.8) is 0 Å². The van der Waals surface area contributed by atoms with E-state index in [4.69, 9.17) is 4.74 Å². The highest BCUT2D eigenvalue weighted by atomic mass is 16.5. The van der Waals surface area contributed by atoms with E-state index in [1.165, 1.54) is 32.1 Å². The SMILES string of the molecule is CCOC1CC(NCCCn2ccnc2)C12CCC2. The summed E-state index contributed by atoms with van der Waals surface area (Å²) < 4.78 is 8.02. The van der Waals surface area contributed by atoms with Gasteiger partial charge >= 0.3 is 0 Å². The van der Waals surface area contributed by atoms with Gasteiger partial charge < -0.3 is 14.6 Å². The van der Waals surface area contributed by atoms with Gasteiger partial charge in [-0.3, -0.25) is 0 Å². The van der Waals surface area contributed by atoms with E-state index in [1.807, 2.05) is 18.7 Å². The quantitative estimate of drug-likeness (QED) is 0.767. The predicted octanol–water partition coefficient (Wildman–Crippen LogP) is 2.21. The molecule has 2 atom stereocenters. The molecule has 0 radical (unpaired) electrons. The van der Waals surface area contributed by atoms with Gasteiger partial charge in [0.05, 0.1) is 12.4 Å². The van der Waals surface area contributed by atoms with Crippen LogP contribution in [0, 0.1) is 5.41 Å². The van der Waals surface area contributed by atoms with Gasteiger partial charge in [-0.2, -0.15) is 0 Å². The molecule has 19 heavy (non-hydrogen) atoms. The molecule has 2 aliphatic rings. The second kappa shape index (κ2) is 5.63. The third-order valence-corrected chi connectivity index (χ3v) is 4.98. The van der Waals surface area contributed by atoms with Crippen LogP contribution >= 0.6 is 0 Å². The Kier molecular flexibility index (Phi) is 3.89. The Balaban J connectivity index is 1.39. The monoisotopic (exact) mass is 263 g/mol. The highest BCUT2D eigenvalue weighted by Crippen LogP contribution is 2.57. The normalized spacial score (nSPS) is 28.1. The molecule has 2 aliphatic carbocycles. The van der Waals surface area contributed by atoms with E-state index in [1.54, 1.807) is 0 Å². The summed E-state index contributed by atoms with van der Waals surface area (Å²) in [5.74, 6) is 0. The lowest BCUT2D eigenvalue weighted by atomic mass is 9.51. The highest BCUT2D eigenvalue weighted by Gasteiger charge is 2.58. The molecule has 1 spiro atoms. The summed E-state index contributed by atoms with van der Waals surface area (Å²) in [5.41, 5.74) is 0.491. The van der Waals surface area contributed by atoms with Crippen molar-refractivity contribution in [3.8, 4) is 0 Å². The highest BCUT2D eigenvalue weighted by molar-refractivity contribution is 5.12. The minimum absolute atomic E-state index is 0.491. The average Bonchev–Trinajstić information content (AvgIpc) is 2.82. The van der Waals surface area contributed by atoms with Crippen LogP contribution in [-0.4, -0.2) is 34.8 Å². The van der Waals surface area contributed by atoms with Crippen molar-refractivity contribution in [1.29, 1.82) is 0 Å². The summed E-state index contributed by atoms with van der Waals surface area (Å²) in [7, 11) is 0. The summed E-state index contributed by atoms with van der Waals surface area (Å²) in [6, 6.07) is 0.695. The molecule has 2 fully saturated rings. The number of rotatable bonds is 7. The molecular weight excluding hydrogens is 238 g/mol. The van der Waals surface area contributed by atoms with Crippen LogP contribution < -0.4 is 5.32 Å². The van der Waals surface area contributed by atoms with Crippen LogP contribution in [0.15, 0.2) is 18.7 Å². The van der Waals surface area contributed by atoms with Gasteiger partial charge in [0.25, 0.3) is 0 Å². The first-order chi connectivity index (χ1) is 9.35. The summed E-state index contributed by atoms with van der Waals surface area (Å²) in [6.45, 7) is 5.13. The van der Waals surface area contributed by atoms with Crippen LogP contribution in [0.3, 0.4) is 0 Å². The van der Waals surface area contributed by atoms with E-state index in [0.717, 1.165) is 19.7 Å². The molecule has 2 unspecified atom stereocenters. The maximum absolute atomic E-state index is 5.88. The van der Waals surface area contributed by atoms with Crippen molar-refractivity contribution in [1.82, 2.24) is 14.9 Å². The Morgan fingerprint density at radius 3 is 3.00 bits per heavy atom. The Morgan fingerprint density at radius 2 is 2.37 bits per heavy atom. The van der Waals surface area contributed by atoms with E-state index in [9.17, 15) is 0 Å². The number of imidazole rings is 1. The Labute approximate surface area is 115 Å². The summed E-state index contributed by atoms with van der Waals surface area (Å²) in [5, 5.41) is 3.75. The smallest absolute Gasteiger partial charge is 0.0945 e. The van der Waals surface area contributed by atoms with Crippen molar-refractivity contribution in [2.75, 3.05) is 13.2 Å². The molecule has 0 amide bonds. The summed E-state index contributed by atoms with van der Waals surface area (Å²) in [4.78, 5) is 4.07. The van der Waals surface area contributed by atoms with E-state index < -0.39 is 0 Å². The van der Waals surface area contributed by atoms with Crippen LogP contribution in [0.4, 0.5) is 0 Å². The number of nitrogens with zero attached hydrogens (tertiary/aromatic N) is 2. The van der Waals surface area contributed by atoms with Gasteiger partial charge in [-0.15, -0.1) is 0 Å².